The van der Waals surface area contributed by atoms with E-state index in [1.807, 2.05) is 13.8 Å². The average Bonchev–Trinajstić information content (AvgIpc) is 3.13. The lowest BCUT2D eigenvalue weighted by Gasteiger charge is -2.35. The number of benzene rings is 1. The number of amides is 3. The van der Waals surface area contributed by atoms with Gasteiger partial charge in [-0.15, -0.1) is 0 Å². The predicted molar refractivity (Wildman–Crippen MR) is 97.1 cm³/mol. The van der Waals surface area contributed by atoms with E-state index in [4.69, 9.17) is 0 Å². The van der Waals surface area contributed by atoms with E-state index >= 15 is 0 Å². The molecule has 0 aromatic heterocycles. The monoisotopic (exact) mass is 373 g/mol. The minimum atomic E-state index is -1.43. The van der Waals surface area contributed by atoms with E-state index in [2.05, 4.69) is 10.6 Å². The second kappa shape index (κ2) is 5.38. The third kappa shape index (κ3) is 2.18. The van der Waals surface area contributed by atoms with Gasteiger partial charge in [-0.3, -0.25) is 24.6 Å². The summed E-state index contributed by atoms with van der Waals surface area (Å²) in [7, 11) is 0. The van der Waals surface area contributed by atoms with Gasteiger partial charge in [0.15, 0.2) is 0 Å². The Hall–Kier alpha value is -2.28. The molecule has 27 heavy (non-hydrogen) atoms. The molecule has 2 saturated heterocycles. The first-order valence-electron chi connectivity index (χ1n) is 9.27. The SMILES string of the molecule is CC(C)C1NC2(C(=O)Nc3ccc(F)cc32)[C@@H]2C(=O)N(C(C)(C)C)C(=O)[C@H]12. The van der Waals surface area contributed by atoms with Gasteiger partial charge in [0.1, 0.15) is 11.4 Å². The van der Waals surface area contributed by atoms with Crippen molar-refractivity contribution < 1.29 is 18.8 Å². The number of likely N-dealkylation sites (tertiary alicyclic amines) is 1. The Kier molecular flexibility index (Phi) is 3.60. The van der Waals surface area contributed by atoms with Crippen molar-refractivity contribution in [2.75, 3.05) is 5.32 Å². The van der Waals surface area contributed by atoms with Crippen LogP contribution in [0.5, 0.6) is 0 Å². The van der Waals surface area contributed by atoms with Crippen LogP contribution in [0, 0.1) is 23.6 Å². The first kappa shape index (κ1) is 18.1. The fraction of sp³-hybridized carbons (Fsp3) is 0.550. The highest BCUT2D eigenvalue weighted by molar-refractivity contribution is 6.15. The molecule has 3 aliphatic heterocycles. The fourth-order valence-corrected chi connectivity index (χ4v) is 4.94. The third-order valence-corrected chi connectivity index (χ3v) is 6.00. The number of hydrogen-bond acceptors (Lipinski definition) is 4. The second-order valence-electron chi connectivity index (χ2n) is 9.05. The maximum absolute atomic E-state index is 14.0. The molecule has 4 atom stereocenters. The summed E-state index contributed by atoms with van der Waals surface area (Å²) >= 11 is 0. The lowest BCUT2D eigenvalue weighted by Crippen LogP contribution is -2.56. The van der Waals surface area contributed by atoms with Gasteiger partial charge in [-0.2, -0.15) is 0 Å². The van der Waals surface area contributed by atoms with Gasteiger partial charge in [-0.25, -0.2) is 4.39 Å². The summed E-state index contributed by atoms with van der Waals surface area (Å²) < 4.78 is 14.0. The summed E-state index contributed by atoms with van der Waals surface area (Å²) in [4.78, 5) is 41.0. The molecule has 3 amide bonds. The van der Waals surface area contributed by atoms with Crippen LogP contribution in [0.4, 0.5) is 10.1 Å². The van der Waals surface area contributed by atoms with E-state index in [9.17, 15) is 18.8 Å². The summed E-state index contributed by atoms with van der Waals surface area (Å²) in [5, 5.41) is 6.06. The molecule has 4 rings (SSSR count). The summed E-state index contributed by atoms with van der Waals surface area (Å²) in [5.74, 6) is -3.06. The number of nitrogens with one attached hydrogen (secondary N) is 2. The Morgan fingerprint density at radius 3 is 2.41 bits per heavy atom. The Morgan fingerprint density at radius 1 is 1.15 bits per heavy atom. The van der Waals surface area contributed by atoms with E-state index in [1.54, 1.807) is 20.8 Å². The second-order valence-corrected chi connectivity index (χ2v) is 9.05. The van der Waals surface area contributed by atoms with Gasteiger partial charge in [0.25, 0.3) is 0 Å². The van der Waals surface area contributed by atoms with E-state index in [0.717, 1.165) is 0 Å². The number of rotatable bonds is 1. The van der Waals surface area contributed by atoms with Crippen LogP contribution >= 0.6 is 0 Å². The van der Waals surface area contributed by atoms with Crippen molar-refractivity contribution in [1.29, 1.82) is 0 Å². The summed E-state index contributed by atoms with van der Waals surface area (Å²) in [6, 6.07) is 3.70. The minimum Gasteiger partial charge on any atom is -0.324 e. The van der Waals surface area contributed by atoms with Gasteiger partial charge >= 0.3 is 0 Å². The molecule has 0 aliphatic carbocycles. The maximum atomic E-state index is 14.0. The van der Waals surface area contributed by atoms with E-state index in [1.165, 1.54) is 23.1 Å². The fourth-order valence-electron chi connectivity index (χ4n) is 4.94. The van der Waals surface area contributed by atoms with Crippen molar-refractivity contribution in [2.45, 2.75) is 51.7 Å². The molecule has 1 aromatic carbocycles. The van der Waals surface area contributed by atoms with Gasteiger partial charge in [-0.1, -0.05) is 13.8 Å². The van der Waals surface area contributed by atoms with Crippen LogP contribution in [0.3, 0.4) is 0 Å². The van der Waals surface area contributed by atoms with Crippen LogP contribution in [0.2, 0.25) is 0 Å². The molecular weight excluding hydrogens is 349 g/mol. The van der Waals surface area contributed by atoms with Crippen LogP contribution in [0.25, 0.3) is 0 Å². The highest BCUT2D eigenvalue weighted by atomic mass is 19.1. The van der Waals surface area contributed by atoms with Crippen molar-refractivity contribution in [2.24, 2.45) is 17.8 Å². The summed E-state index contributed by atoms with van der Waals surface area (Å²) in [6.07, 6.45) is 0. The molecule has 0 saturated carbocycles. The van der Waals surface area contributed by atoms with E-state index in [-0.39, 0.29) is 23.8 Å². The number of hydrogen-bond donors (Lipinski definition) is 2. The molecule has 3 aliphatic rings. The lowest BCUT2D eigenvalue weighted by atomic mass is 9.75. The minimum absolute atomic E-state index is 0.0129. The zero-order valence-corrected chi connectivity index (χ0v) is 16.1. The molecule has 144 valence electrons. The number of imide groups is 1. The molecule has 1 spiro atoms. The number of carbonyl (C=O) groups excluding carboxylic acids is 3. The van der Waals surface area contributed by atoms with Crippen LogP contribution in [-0.4, -0.2) is 34.2 Å². The van der Waals surface area contributed by atoms with Crippen LogP contribution in [0.1, 0.15) is 40.2 Å². The number of nitrogens with zero attached hydrogens (tertiary/aromatic N) is 1. The van der Waals surface area contributed by atoms with Crippen molar-refractivity contribution in [3.63, 3.8) is 0 Å². The van der Waals surface area contributed by atoms with Crippen molar-refractivity contribution in [1.82, 2.24) is 10.2 Å². The predicted octanol–water partition coefficient (Wildman–Crippen LogP) is 2.00. The van der Waals surface area contributed by atoms with Crippen molar-refractivity contribution in [3.05, 3.63) is 29.6 Å². The smallest absolute Gasteiger partial charge is 0.250 e. The largest absolute Gasteiger partial charge is 0.324 e. The molecule has 6 nitrogen and oxygen atoms in total. The van der Waals surface area contributed by atoms with Gasteiger partial charge in [-0.05, 0) is 44.9 Å². The number of anilines is 1. The van der Waals surface area contributed by atoms with E-state index < -0.39 is 34.6 Å². The molecule has 3 heterocycles. The molecular formula is C20H24FN3O3. The topological polar surface area (TPSA) is 78.5 Å². The Balaban J connectivity index is 1.95. The zero-order chi connectivity index (χ0) is 19.9. The number of fused-ring (bicyclic) bond motifs is 4. The Bertz CT molecular complexity index is 876. The average molecular weight is 373 g/mol. The van der Waals surface area contributed by atoms with E-state index in [0.29, 0.717) is 11.3 Å². The van der Waals surface area contributed by atoms with Gasteiger partial charge in [0.05, 0.1) is 11.8 Å². The standard InChI is InChI=1S/C20H24FN3O3/c1-9(2)15-13-14(17(26)24(16(13)25)19(3,4)5)20(23-15)11-8-10(21)6-7-12(11)22-18(20)27/h6-9,13-15,23H,1-5H3,(H,22,27)/t13-,14-,15?,20?/m0/s1. The molecule has 2 fully saturated rings. The Morgan fingerprint density at radius 2 is 1.81 bits per heavy atom. The van der Waals surface area contributed by atoms with Crippen molar-refractivity contribution in [3.8, 4) is 0 Å². The molecule has 7 heteroatoms. The van der Waals surface area contributed by atoms with Crippen molar-refractivity contribution >= 4 is 23.4 Å². The molecule has 0 bridgehead atoms. The first-order valence-corrected chi connectivity index (χ1v) is 9.27. The lowest BCUT2D eigenvalue weighted by molar-refractivity contribution is -0.148. The molecule has 1 aromatic rings. The summed E-state index contributed by atoms with van der Waals surface area (Å²) in [6.45, 7) is 9.30. The first-order chi connectivity index (χ1) is 12.5. The molecule has 2 N–H and O–H groups in total. The van der Waals surface area contributed by atoms with Crippen LogP contribution < -0.4 is 10.6 Å². The third-order valence-electron chi connectivity index (χ3n) is 6.00. The zero-order valence-electron chi connectivity index (χ0n) is 16.1. The quantitative estimate of drug-likeness (QED) is 0.738. The maximum Gasteiger partial charge on any atom is 0.250 e. The molecule has 2 unspecified atom stereocenters. The van der Waals surface area contributed by atoms with Crippen LogP contribution in [0.15, 0.2) is 18.2 Å². The van der Waals surface area contributed by atoms with Crippen LogP contribution in [-0.2, 0) is 19.9 Å². The summed E-state index contributed by atoms with van der Waals surface area (Å²) in [5.41, 5.74) is -1.24. The normalized spacial score (nSPS) is 32.5. The Labute approximate surface area is 157 Å². The highest BCUT2D eigenvalue weighted by Crippen LogP contribution is 2.54. The number of carbonyl (C=O) groups is 3. The number of halogens is 1. The molecule has 0 radical (unpaired) electrons. The van der Waals surface area contributed by atoms with Gasteiger partial charge in [0, 0.05) is 22.8 Å². The highest BCUT2D eigenvalue weighted by Gasteiger charge is 2.71. The van der Waals surface area contributed by atoms with Gasteiger partial charge in [0.2, 0.25) is 17.7 Å². The van der Waals surface area contributed by atoms with Gasteiger partial charge < -0.3 is 5.32 Å².